The number of nitrogens with one attached hydrogen (secondary N) is 1. The standard InChI is InChI=1S/C20H23ClFN3O/c21-17-7-4-8-18(22)19(17)20(26)23-9-10-24-11-13-25(14-12-24)15-16-5-2-1-3-6-16/h1-8H,9-15H2,(H,23,26). The number of hydrogen-bond donors (Lipinski definition) is 1. The third-order valence-corrected chi connectivity index (χ3v) is 4.93. The van der Waals surface area contributed by atoms with Crippen LogP contribution in [-0.4, -0.2) is 55.0 Å². The molecule has 4 nitrogen and oxygen atoms in total. The van der Waals surface area contributed by atoms with E-state index < -0.39 is 11.7 Å². The van der Waals surface area contributed by atoms with Gasteiger partial charge in [-0.3, -0.25) is 14.6 Å². The molecule has 0 saturated carbocycles. The fraction of sp³-hybridized carbons (Fsp3) is 0.350. The van der Waals surface area contributed by atoms with Crippen LogP contribution >= 0.6 is 11.6 Å². The van der Waals surface area contributed by atoms with Gasteiger partial charge in [-0.05, 0) is 17.7 Å². The molecule has 0 spiro atoms. The van der Waals surface area contributed by atoms with Crippen LogP contribution in [0.2, 0.25) is 5.02 Å². The molecular formula is C20H23ClFN3O. The van der Waals surface area contributed by atoms with E-state index in [0.717, 1.165) is 39.3 Å². The first-order valence-corrected chi connectivity index (χ1v) is 9.22. The summed E-state index contributed by atoms with van der Waals surface area (Å²) in [6.07, 6.45) is 0. The normalized spacial score (nSPS) is 15.8. The molecule has 1 amide bonds. The SMILES string of the molecule is O=C(NCCN1CCN(Cc2ccccc2)CC1)c1c(F)cccc1Cl. The van der Waals surface area contributed by atoms with Gasteiger partial charge in [0.1, 0.15) is 5.82 Å². The van der Waals surface area contributed by atoms with Gasteiger partial charge in [-0.1, -0.05) is 48.0 Å². The summed E-state index contributed by atoms with van der Waals surface area (Å²) in [7, 11) is 0. The zero-order valence-electron chi connectivity index (χ0n) is 14.6. The largest absolute Gasteiger partial charge is 0.351 e. The van der Waals surface area contributed by atoms with E-state index >= 15 is 0 Å². The molecule has 1 saturated heterocycles. The van der Waals surface area contributed by atoms with E-state index in [1.807, 2.05) is 6.07 Å². The lowest BCUT2D eigenvalue weighted by Gasteiger charge is -2.34. The Morgan fingerprint density at radius 1 is 1.00 bits per heavy atom. The van der Waals surface area contributed by atoms with Crippen LogP contribution < -0.4 is 5.32 Å². The number of nitrogens with zero attached hydrogens (tertiary/aromatic N) is 2. The lowest BCUT2D eigenvalue weighted by atomic mass is 10.2. The highest BCUT2D eigenvalue weighted by molar-refractivity contribution is 6.33. The number of benzene rings is 2. The highest BCUT2D eigenvalue weighted by Gasteiger charge is 2.18. The topological polar surface area (TPSA) is 35.6 Å². The second-order valence-corrected chi connectivity index (χ2v) is 6.86. The van der Waals surface area contributed by atoms with E-state index in [9.17, 15) is 9.18 Å². The van der Waals surface area contributed by atoms with Crippen LogP contribution in [0.4, 0.5) is 4.39 Å². The zero-order valence-corrected chi connectivity index (χ0v) is 15.4. The highest BCUT2D eigenvalue weighted by Crippen LogP contribution is 2.18. The van der Waals surface area contributed by atoms with Crippen molar-refractivity contribution < 1.29 is 9.18 Å². The number of amides is 1. The van der Waals surface area contributed by atoms with Gasteiger partial charge in [-0.25, -0.2) is 4.39 Å². The fourth-order valence-electron chi connectivity index (χ4n) is 3.14. The van der Waals surface area contributed by atoms with Crippen LogP contribution in [0.5, 0.6) is 0 Å². The molecule has 1 aliphatic heterocycles. The molecular weight excluding hydrogens is 353 g/mol. The molecule has 0 aliphatic carbocycles. The maximum Gasteiger partial charge on any atom is 0.255 e. The third-order valence-electron chi connectivity index (χ3n) is 4.62. The van der Waals surface area contributed by atoms with Gasteiger partial charge in [-0.2, -0.15) is 0 Å². The van der Waals surface area contributed by atoms with Crippen molar-refractivity contribution in [3.8, 4) is 0 Å². The second-order valence-electron chi connectivity index (χ2n) is 6.46. The molecule has 1 fully saturated rings. The summed E-state index contributed by atoms with van der Waals surface area (Å²) >= 11 is 5.92. The Morgan fingerprint density at radius 3 is 2.38 bits per heavy atom. The number of halogens is 2. The predicted octanol–water partition coefficient (Wildman–Crippen LogP) is 3.03. The van der Waals surface area contributed by atoms with Crippen LogP contribution in [0, 0.1) is 5.82 Å². The van der Waals surface area contributed by atoms with Crippen molar-refractivity contribution >= 4 is 17.5 Å². The Labute approximate surface area is 158 Å². The Balaban J connectivity index is 1.39. The Kier molecular flexibility index (Phi) is 6.61. The Hall–Kier alpha value is -1.95. The van der Waals surface area contributed by atoms with E-state index in [2.05, 4.69) is 39.4 Å². The maximum absolute atomic E-state index is 13.7. The van der Waals surface area contributed by atoms with Gasteiger partial charge in [0.25, 0.3) is 5.91 Å². The molecule has 0 radical (unpaired) electrons. The van der Waals surface area contributed by atoms with E-state index in [1.165, 1.54) is 23.8 Å². The fourth-order valence-corrected chi connectivity index (χ4v) is 3.39. The minimum atomic E-state index is -0.593. The summed E-state index contributed by atoms with van der Waals surface area (Å²) in [4.78, 5) is 16.9. The van der Waals surface area contributed by atoms with Crippen molar-refractivity contribution in [2.75, 3.05) is 39.3 Å². The van der Waals surface area contributed by atoms with Crippen molar-refractivity contribution in [3.05, 3.63) is 70.5 Å². The number of carbonyl (C=O) groups excluding carboxylic acids is 1. The minimum Gasteiger partial charge on any atom is -0.351 e. The van der Waals surface area contributed by atoms with E-state index in [-0.39, 0.29) is 10.6 Å². The molecule has 26 heavy (non-hydrogen) atoms. The lowest BCUT2D eigenvalue weighted by molar-refractivity contribution is 0.0930. The van der Waals surface area contributed by atoms with Crippen LogP contribution in [0.1, 0.15) is 15.9 Å². The molecule has 3 rings (SSSR count). The Morgan fingerprint density at radius 2 is 1.69 bits per heavy atom. The highest BCUT2D eigenvalue weighted by atomic mass is 35.5. The molecule has 138 valence electrons. The van der Waals surface area contributed by atoms with Crippen LogP contribution in [-0.2, 0) is 6.54 Å². The predicted molar refractivity (Wildman–Crippen MR) is 102 cm³/mol. The van der Waals surface area contributed by atoms with Gasteiger partial charge >= 0.3 is 0 Å². The van der Waals surface area contributed by atoms with Gasteiger partial charge < -0.3 is 5.32 Å². The number of piperazine rings is 1. The molecule has 6 heteroatoms. The zero-order chi connectivity index (χ0) is 18.4. The van der Waals surface area contributed by atoms with Gasteiger partial charge in [0.15, 0.2) is 0 Å². The van der Waals surface area contributed by atoms with Gasteiger partial charge in [-0.15, -0.1) is 0 Å². The molecule has 0 bridgehead atoms. The smallest absolute Gasteiger partial charge is 0.255 e. The second kappa shape index (κ2) is 9.12. The van der Waals surface area contributed by atoms with Crippen molar-refractivity contribution in [3.63, 3.8) is 0 Å². The molecule has 0 unspecified atom stereocenters. The maximum atomic E-state index is 13.7. The van der Waals surface area contributed by atoms with Crippen molar-refractivity contribution in [1.29, 1.82) is 0 Å². The lowest BCUT2D eigenvalue weighted by Crippen LogP contribution is -2.48. The molecule has 0 atom stereocenters. The summed E-state index contributed by atoms with van der Waals surface area (Å²) in [5.41, 5.74) is 1.25. The Bertz CT molecular complexity index is 713. The molecule has 2 aromatic rings. The van der Waals surface area contributed by atoms with E-state index in [4.69, 9.17) is 11.6 Å². The molecule has 1 N–H and O–H groups in total. The van der Waals surface area contributed by atoms with Gasteiger partial charge in [0.2, 0.25) is 0 Å². The van der Waals surface area contributed by atoms with E-state index in [1.54, 1.807) is 0 Å². The average Bonchev–Trinajstić information content (AvgIpc) is 2.64. The number of carbonyl (C=O) groups is 1. The van der Waals surface area contributed by atoms with Crippen LogP contribution in [0.15, 0.2) is 48.5 Å². The minimum absolute atomic E-state index is 0.0816. The molecule has 1 aliphatic rings. The first-order valence-electron chi connectivity index (χ1n) is 8.84. The summed E-state index contributed by atoms with van der Waals surface area (Å²) in [5.74, 6) is -1.06. The number of hydrogen-bond acceptors (Lipinski definition) is 3. The number of rotatable bonds is 6. The first-order chi connectivity index (χ1) is 12.6. The summed E-state index contributed by atoms with van der Waals surface area (Å²) in [6.45, 7) is 6.12. The average molecular weight is 376 g/mol. The molecule has 2 aromatic carbocycles. The quantitative estimate of drug-likeness (QED) is 0.843. The van der Waals surface area contributed by atoms with Crippen LogP contribution in [0.25, 0.3) is 0 Å². The van der Waals surface area contributed by atoms with Gasteiger partial charge in [0, 0.05) is 45.8 Å². The van der Waals surface area contributed by atoms with E-state index in [0.29, 0.717) is 6.54 Å². The third kappa shape index (κ3) is 5.04. The molecule has 0 aromatic heterocycles. The van der Waals surface area contributed by atoms with Crippen molar-refractivity contribution in [1.82, 2.24) is 15.1 Å². The van der Waals surface area contributed by atoms with Crippen LogP contribution in [0.3, 0.4) is 0 Å². The summed E-state index contributed by atoms with van der Waals surface area (Å²) in [5, 5.41) is 2.90. The van der Waals surface area contributed by atoms with Gasteiger partial charge in [0.05, 0.1) is 10.6 Å². The first kappa shape index (κ1) is 18.8. The van der Waals surface area contributed by atoms with Crippen molar-refractivity contribution in [2.24, 2.45) is 0 Å². The summed E-state index contributed by atoms with van der Waals surface area (Å²) in [6, 6.07) is 14.7. The van der Waals surface area contributed by atoms with Crippen molar-refractivity contribution in [2.45, 2.75) is 6.54 Å². The summed E-state index contributed by atoms with van der Waals surface area (Å²) < 4.78 is 13.7. The molecule has 1 heterocycles. The monoisotopic (exact) mass is 375 g/mol.